The van der Waals surface area contributed by atoms with Gasteiger partial charge in [-0.3, -0.25) is 0 Å². The van der Waals surface area contributed by atoms with E-state index in [1.807, 2.05) is 0 Å². The zero-order chi connectivity index (χ0) is 23.3. The maximum atomic E-state index is 2.51. The maximum absolute atomic E-state index is 2.51. The molecule has 0 amide bonds. The second kappa shape index (κ2) is 8.01. The van der Waals surface area contributed by atoms with E-state index in [9.17, 15) is 0 Å². The Kier molecular flexibility index (Phi) is 5.62. The van der Waals surface area contributed by atoms with Crippen molar-refractivity contribution in [2.75, 3.05) is 0 Å². The van der Waals surface area contributed by atoms with Gasteiger partial charge in [0.15, 0.2) is 6.20 Å². The summed E-state index contributed by atoms with van der Waals surface area (Å²) in [5, 5.41) is 4.30. The molecular formula is C30H36NSi+. The number of benzene rings is 3. The van der Waals surface area contributed by atoms with E-state index in [0.29, 0.717) is 0 Å². The summed E-state index contributed by atoms with van der Waals surface area (Å²) in [4.78, 5) is 0. The summed E-state index contributed by atoms with van der Waals surface area (Å²) in [7, 11) is 0.353. The van der Waals surface area contributed by atoms with E-state index in [4.69, 9.17) is 0 Å². The van der Waals surface area contributed by atoms with Crippen LogP contribution in [0.2, 0.25) is 13.1 Å². The molecule has 0 saturated carbocycles. The second-order valence-electron chi connectivity index (χ2n) is 10.4. The largest absolute Gasteiger partial charge is 0.220 e. The lowest BCUT2D eigenvalue weighted by molar-refractivity contribution is -0.659. The normalized spacial score (nSPS) is 12.4. The first-order valence-electron chi connectivity index (χ1n) is 11.6. The molecule has 164 valence electrons. The average Bonchev–Trinajstić information content (AvgIpc) is 2.76. The van der Waals surface area contributed by atoms with Crippen LogP contribution in [0.3, 0.4) is 0 Å². The number of rotatable bonds is 4. The van der Waals surface area contributed by atoms with Crippen LogP contribution in [0.25, 0.3) is 22.0 Å². The topological polar surface area (TPSA) is 3.88 Å². The fourth-order valence-electron chi connectivity index (χ4n) is 4.96. The molecule has 0 aliphatic heterocycles. The van der Waals surface area contributed by atoms with Crippen molar-refractivity contribution in [1.82, 2.24) is 0 Å². The number of nitrogens with zero attached hydrogens (tertiary/aromatic N) is 1. The van der Waals surface area contributed by atoms with Crippen molar-refractivity contribution in [3.8, 4) is 11.3 Å². The highest BCUT2D eigenvalue weighted by Gasteiger charge is 2.41. The van der Waals surface area contributed by atoms with Gasteiger partial charge in [0.25, 0.3) is 0 Å². The summed E-state index contributed by atoms with van der Waals surface area (Å²) in [5.74, 6) is 0. The molecular weight excluding hydrogens is 402 g/mol. The number of aromatic nitrogens is 1. The van der Waals surface area contributed by atoms with Gasteiger partial charge in [-0.2, -0.15) is 0 Å². The molecule has 0 unspecified atom stereocenters. The summed E-state index contributed by atoms with van der Waals surface area (Å²) >= 11 is 0. The predicted molar refractivity (Wildman–Crippen MR) is 141 cm³/mol. The molecule has 0 N–H and O–H groups in total. The van der Waals surface area contributed by atoms with Crippen LogP contribution >= 0.6 is 0 Å². The highest BCUT2D eigenvalue weighted by molar-refractivity contribution is 6.92. The molecule has 0 radical (unpaired) electrons. The summed E-state index contributed by atoms with van der Waals surface area (Å²) in [6.45, 7) is 16.5. The Morgan fingerprint density at radius 3 is 2.19 bits per heavy atom. The highest BCUT2D eigenvalue weighted by Crippen LogP contribution is 2.35. The van der Waals surface area contributed by atoms with Gasteiger partial charge in [0, 0.05) is 6.07 Å². The summed E-state index contributed by atoms with van der Waals surface area (Å²) in [5.41, 5.74) is 8.11. The van der Waals surface area contributed by atoms with Crippen LogP contribution < -0.4 is 9.75 Å². The van der Waals surface area contributed by atoms with Gasteiger partial charge in [0.2, 0.25) is 5.69 Å². The van der Waals surface area contributed by atoms with Crippen molar-refractivity contribution in [2.24, 2.45) is 7.05 Å². The van der Waals surface area contributed by atoms with Crippen molar-refractivity contribution in [3.05, 3.63) is 95.2 Å². The minimum Gasteiger partial charge on any atom is -0.200 e. The Hall–Kier alpha value is -2.71. The van der Waals surface area contributed by atoms with E-state index in [-0.39, 0.29) is 5.04 Å². The lowest BCUT2D eigenvalue weighted by Gasteiger charge is -2.41. The molecule has 2 heteroatoms. The number of hydrogen-bond donors (Lipinski definition) is 0. The lowest BCUT2D eigenvalue weighted by atomic mass is 9.94. The van der Waals surface area contributed by atoms with Crippen LogP contribution in [-0.4, -0.2) is 8.07 Å². The van der Waals surface area contributed by atoms with Crippen molar-refractivity contribution in [3.63, 3.8) is 0 Å². The van der Waals surface area contributed by atoms with Crippen LogP contribution in [0.4, 0.5) is 0 Å². The number of fused-ring (bicyclic) bond motifs is 1. The van der Waals surface area contributed by atoms with Gasteiger partial charge < -0.3 is 0 Å². The fourth-order valence-corrected chi connectivity index (χ4v) is 7.59. The zero-order valence-corrected chi connectivity index (χ0v) is 21.9. The van der Waals surface area contributed by atoms with Crippen LogP contribution in [0.15, 0.2) is 72.9 Å². The molecule has 32 heavy (non-hydrogen) atoms. The van der Waals surface area contributed by atoms with Gasteiger partial charge in [-0.05, 0) is 60.0 Å². The van der Waals surface area contributed by atoms with Gasteiger partial charge in [0.1, 0.15) is 7.05 Å². The Labute approximate surface area is 194 Å². The third-order valence-corrected chi connectivity index (χ3v) is 13.2. The third kappa shape index (κ3) is 3.61. The van der Waals surface area contributed by atoms with E-state index in [0.717, 1.165) is 0 Å². The lowest BCUT2D eigenvalue weighted by Crippen LogP contribution is -2.57. The SMILES string of the molecule is Cc1cc(C)c(C)c(-c2c3ccc([Si](C)(C)C(C)(C)c4ccccc4)cc3cc[n+]2C)c1. The first-order valence-corrected chi connectivity index (χ1v) is 14.6. The quantitative estimate of drug-likeness (QED) is 0.247. The molecule has 0 bridgehead atoms. The predicted octanol–water partition coefficient (Wildman–Crippen LogP) is 6.69. The van der Waals surface area contributed by atoms with E-state index in [1.54, 1.807) is 0 Å². The Morgan fingerprint density at radius 1 is 0.812 bits per heavy atom. The van der Waals surface area contributed by atoms with Gasteiger partial charge in [-0.15, -0.1) is 0 Å². The van der Waals surface area contributed by atoms with Crippen molar-refractivity contribution >= 4 is 24.0 Å². The Morgan fingerprint density at radius 2 is 1.50 bits per heavy atom. The highest BCUT2D eigenvalue weighted by atomic mass is 28.3. The van der Waals surface area contributed by atoms with Gasteiger partial charge in [0.05, 0.1) is 19.0 Å². The van der Waals surface area contributed by atoms with E-state index >= 15 is 0 Å². The van der Waals surface area contributed by atoms with Crippen molar-refractivity contribution < 1.29 is 4.57 Å². The smallest absolute Gasteiger partial charge is 0.200 e. The standard InChI is InChI=1S/C30H36NSi/c1-21-18-22(2)23(3)28(19-21)29-27-15-14-26(20-24(27)16-17-31(29)6)32(7,8)30(4,5)25-12-10-9-11-13-25/h9-20H,1-8H3/q+1. The van der Waals surface area contributed by atoms with Crippen LogP contribution in [0, 0.1) is 20.8 Å². The molecule has 1 aromatic heterocycles. The molecule has 0 atom stereocenters. The molecule has 0 aliphatic carbocycles. The minimum atomic E-state index is -1.81. The first kappa shape index (κ1) is 22.5. The summed E-state index contributed by atoms with van der Waals surface area (Å²) in [6.07, 6.45) is 2.22. The monoisotopic (exact) mass is 438 g/mol. The van der Waals surface area contributed by atoms with E-state index < -0.39 is 8.07 Å². The van der Waals surface area contributed by atoms with Crippen LogP contribution in [0.1, 0.15) is 36.1 Å². The van der Waals surface area contributed by atoms with Crippen molar-refractivity contribution in [2.45, 2.75) is 52.8 Å². The van der Waals surface area contributed by atoms with Crippen LogP contribution in [0.5, 0.6) is 0 Å². The molecule has 4 rings (SSSR count). The first-order chi connectivity index (χ1) is 15.0. The van der Waals surface area contributed by atoms with Gasteiger partial charge >= 0.3 is 0 Å². The molecule has 0 aliphatic rings. The van der Waals surface area contributed by atoms with E-state index in [1.165, 1.54) is 49.5 Å². The molecule has 0 spiro atoms. The summed E-state index contributed by atoms with van der Waals surface area (Å²) < 4.78 is 2.28. The second-order valence-corrected chi connectivity index (χ2v) is 15.5. The third-order valence-electron chi connectivity index (χ3n) is 7.98. The maximum Gasteiger partial charge on any atom is 0.220 e. The Bertz CT molecular complexity index is 1300. The average molecular weight is 439 g/mol. The molecule has 0 saturated heterocycles. The number of hydrogen-bond acceptors (Lipinski definition) is 0. The number of pyridine rings is 1. The fraction of sp³-hybridized carbons (Fsp3) is 0.300. The molecule has 4 aromatic rings. The molecule has 1 heterocycles. The minimum absolute atomic E-state index is 0.133. The number of aryl methyl sites for hydroxylation is 3. The zero-order valence-electron chi connectivity index (χ0n) is 20.9. The summed E-state index contributed by atoms with van der Waals surface area (Å²) in [6, 6.07) is 25.2. The van der Waals surface area contributed by atoms with Crippen LogP contribution in [-0.2, 0) is 12.1 Å². The molecule has 3 aromatic carbocycles. The van der Waals surface area contributed by atoms with Gasteiger partial charge in [-0.1, -0.05) is 86.2 Å². The van der Waals surface area contributed by atoms with Gasteiger partial charge in [-0.25, -0.2) is 4.57 Å². The van der Waals surface area contributed by atoms with E-state index in [2.05, 4.69) is 132 Å². The van der Waals surface area contributed by atoms with Crippen molar-refractivity contribution in [1.29, 1.82) is 0 Å². The molecule has 0 fully saturated rings. The molecule has 1 nitrogen and oxygen atoms in total. The Balaban J connectivity index is 1.90.